The highest BCUT2D eigenvalue weighted by molar-refractivity contribution is 7.80. The Morgan fingerprint density at radius 3 is 2.36 bits per heavy atom. The lowest BCUT2D eigenvalue weighted by Crippen LogP contribution is -2.51. The van der Waals surface area contributed by atoms with Crippen LogP contribution in [0, 0.1) is 17.2 Å². The SMILES string of the molecule is C[C@@H]1CC(OCCC[C@H]2CC[C@H](N3C(=S)N(c4ccc(C#N)c(C(F)(F)F)c4)C(=O)C3(C)C)CC2)C[C@H](C)N1CC(=O)Nc1cccc(NC2CCC(=O)NC2=O)c1. The van der Waals surface area contributed by atoms with Gasteiger partial charge < -0.3 is 20.3 Å². The van der Waals surface area contributed by atoms with E-state index in [1.807, 2.05) is 11.0 Å². The molecule has 1 saturated carbocycles. The summed E-state index contributed by atoms with van der Waals surface area (Å²) in [6.45, 7) is 8.63. The first-order valence-electron chi connectivity index (χ1n) is 20.1. The number of amides is 4. The maximum Gasteiger partial charge on any atom is 0.417 e. The minimum absolute atomic E-state index is 0.00614. The van der Waals surface area contributed by atoms with E-state index in [9.17, 15) is 37.6 Å². The number of thiocarbonyl (C=S) groups is 1. The molecule has 0 aromatic heterocycles. The molecule has 16 heteroatoms. The van der Waals surface area contributed by atoms with Gasteiger partial charge in [0.1, 0.15) is 11.6 Å². The van der Waals surface area contributed by atoms with Gasteiger partial charge in [-0.3, -0.25) is 34.3 Å². The lowest BCUT2D eigenvalue weighted by atomic mass is 9.82. The van der Waals surface area contributed by atoms with Crippen LogP contribution in [0.4, 0.5) is 30.2 Å². The molecule has 3 heterocycles. The molecule has 4 fully saturated rings. The Bertz CT molecular complexity index is 1930. The number of benzene rings is 2. The fourth-order valence-corrected chi connectivity index (χ4v) is 9.63. The summed E-state index contributed by atoms with van der Waals surface area (Å²) in [5.41, 5.74) is -1.34. The number of carbonyl (C=O) groups is 4. The number of rotatable bonds is 12. The average Bonchev–Trinajstić information content (AvgIpc) is 3.34. The van der Waals surface area contributed by atoms with Crippen molar-refractivity contribution in [1.82, 2.24) is 15.1 Å². The van der Waals surface area contributed by atoms with E-state index in [4.69, 9.17) is 17.0 Å². The molecule has 312 valence electrons. The van der Waals surface area contributed by atoms with Crippen molar-refractivity contribution in [3.8, 4) is 6.07 Å². The second-order valence-corrected chi connectivity index (χ2v) is 17.0. The lowest BCUT2D eigenvalue weighted by molar-refractivity contribution is -0.138. The zero-order chi connectivity index (χ0) is 41.9. The number of nitrogens with zero attached hydrogens (tertiary/aromatic N) is 4. The first-order chi connectivity index (χ1) is 27.5. The van der Waals surface area contributed by atoms with Crippen LogP contribution in [0.1, 0.15) is 103 Å². The van der Waals surface area contributed by atoms with Crippen LogP contribution in [0.3, 0.4) is 0 Å². The molecule has 2 aromatic rings. The molecule has 1 aliphatic carbocycles. The zero-order valence-electron chi connectivity index (χ0n) is 33.4. The maximum atomic E-state index is 13.7. The van der Waals surface area contributed by atoms with Crippen LogP contribution in [-0.2, 0) is 30.1 Å². The van der Waals surface area contributed by atoms with E-state index < -0.39 is 34.8 Å². The van der Waals surface area contributed by atoms with Gasteiger partial charge in [0.25, 0.3) is 5.91 Å². The molecule has 0 bridgehead atoms. The number of imide groups is 1. The van der Waals surface area contributed by atoms with Crippen molar-refractivity contribution in [2.45, 2.75) is 134 Å². The van der Waals surface area contributed by atoms with Gasteiger partial charge in [-0.1, -0.05) is 6.07 Å². The monoisotopic (exact) mass is 823 g/mol. The Labute approximate surface area is 342 Å². The number of alkyl halides is 3. The van der Waals surface area contributed by atoms with Crippen molar-refractivity contribution in [2.75, 3.05) is 28.7 Å². The first kappa shape index (κ1) is 43.0. The van der Waals surface area contributed by atoms with Crippen molar-refractivity contribution < 1.29 is 37.1 Å². The van der Waals surface area contributed by atoms with E-state index in [1.165, 1.54) is 11.0 Å². The highest BCUT2D eigenvalue weighted by Crippen LogP contribution is 2.41. The van der Waals surface area contributed by atoms with Crippen LogP contribution in [0.25, 0.3) is 0 Å². The summed E-state index contributed by atoms with van der Waals surface area (Å²) in [7, 11) is 0. The van der Waals surface area contributed by atoms with Gasteiger partial charge in [-0.2, -0.15) is 18.4 Å². The molecule has 4 aliphatic rings. The normalized spacial score (nSPS) is 26.7. The number of likely N-dealkylation sites (tertiary alicyclic amines) is 1. The first-order valence-corrected chi connectivity index (χ1v) is 20.5. The van der Waals surface area contributed by atoms with Crippen LogP contribution in [0.2, 0.25) is 0 Å². The largest absolute Gasteiger partial charge is 0.417 e. The third-order valence-corrected chi connectivity index (χ3v) is 12.5. The second kappa shape index (κ2) is 17.7. The number of carbonyl (C=O) groups excluding carboxylic acids is 4. The van der Waals surface area contributed by atoms with Crippen molar-refractivity contribution in [3.63, 3.8) is 0 Å². The molecule has 6 rings (SSSR count). The molecule has 3 N–H and O–H groups in total. The van der Waals surface area contributed by atoms with Crippen molar-refractivity contribution >= 4 is 58.0 Å². The van der Waals surface area contributed by atoms with E-state index in [-0.39, 0.29) is 65.7 Å². The fraction of sp³-hybridized carbons (Fsp3) is 0.571. The summed E-state index contributed by atoms with van der Waals surface area (Å²) in [5, 5.41) is 17.9. The van der Waals surface area contributed by atoms with Gasteiger partial charge in [-0.25, -0.2) is 0 Å². The summed E-state index contributed by atoms with van der Waals surface area (Å²) < 4.78 is 47.6. The van der Waals surface area contributed by atoms with Crippen LogP contribution in [0.15, 0.2) is 42.5 Å². The molecule has 3 aliphatic heterocycles. The van der Waals surface area contributed by atoms with Crippen LogP contribution < -0.4 is 20.9 Å². The molecular weight excluding hydrogens is 772 g/mol. The number of ether oxygens (including phenoxy) is 1. The average molecular weight is 824 g/mol. The number of hydrogen-bond acceptors (Lipinski definition) is 9. The van der Waals surface area contributed by atoms with E-state index in [2.05, 4.69) is 34.7 Å². The second-order valence-electron chi connectivity index (χ2n) is 16.6. The van der Waals surface area contributed by atoms with Gasteiger partial charge in [0.15, 0.2) is 5.11 Å². The summed E-state index contributed by atoms with van der Waals surface area (Å²) in [6.07, 6.45) is 3.08. The molecule has 4 amide bonds. The number of hydrogen-bond donors (Lipinski definition) is 3. The maximum absolute atomic E-state index is 13.7. The zero-order valence-corrected chi connectivity index (χ0v) is 34.2. The van der Waals surface area contributed by atoms with E-state index in [1.54, 1.807) is 38.1 Å². The van der Waals surface area contributed by atoms with E-state index in [0.29, 0.717) is 30.3 Å². The predicted octanol–water partition coefficient (Wildman–Crippen LogP) is 6.74. The quantitative estimate of drug-likeness (QED) is 0.120. The number of halogens is 3. The lowest BCUT2D eigenvalue weighted by Gasteiger charge is -2.42. The third-order valence-electron chi connectivity index (χ3n) is 12.1. The molecule has 0 spiro atoms. The highest BCUT2D eigenvalue weighted by atomic mass is 32.1. The van der Waals surface area contributed by atoms with Crippen molar-refractivity contribution in [3.05, 3.63) is 53.6 Å². The molecule has 0 radical (unpaired) electrons. The third kappa shape index (κ3) is 9.64. The molecule has 3 saturated heterocycles. The van der Waals surface area contributed by atoms with Crippen LogP contribution >= 0.6 is 12.2 Å². The van der Waals surface area contributed by atoms with Gasteiger partial charge >= 0.3 is 6.18 Å². The topological polar surface area (TPSA) is 147 Å². The standard InChI is InChI=1S/C42H52F3N7O5S/c1-25-19-33(20-26(2)50(25)24-37(54)48-30-9-5-8-29(21-30)47-35-16-17-36(53)49-38(35)55)57-18-6-7-27-10-13-31(14-11-27)52-40(58)51(39(56)41(52,3)4)32-15-12-28(23-46)34(22-32)42(43,44)45/h5,8-9,12,15,21-22,25-27,31,33,35,47H,6-7,10-11,13-14,16-20,24H2,1-4H3,(H,48,54)(H,49,53,55)/t25-,26+,27-,31-,33?,35?. The Balaban J connectivity index is 0.919. The highest BCUT2D eigenvalue weighted by Gasteiger charge is 2.52. The Kier molecular flexibility index (Phi) is 13.1. The van der Waals surface area contributed by atoms with Crippen LogP contribution in [0.5, 0.6) is 0 Å². The summed E-state index contributed by atoms with van der Waals surface area (Å²) >= 11 is 5.76. The van der Waals surface area contributed by atoms with Gasteiger partial charge in [0, 0.05) is 42.5 Å². The molecule has 4 atom stereocenters. The van der Waals surface area contributed by atoms with Crippen molar-refractivity contribution in [1.29, 1.82) is 5.26 Å². The molecular formula is C42H52F3N7O5S. The van der Waals surface area contributed by atoms with Gasteiger partial charge in [-0.15, -0.1) is 0 Å². The summed E-state index contributed by atoms with van der Waals surface area (Å²) in [6, 6.07) is 11.8. The number of nitrogens with one attached hydrogen (secondary N) is 3. The molecule has 12 nitrogen and oxygen atoms in total. The molecule has 58 heavy (non-hydrogen) atoms. The molecule has 2 unspecified atom stereocenters. The minimum atomic E-state index is -4.75. The Morgan fingerprint density at radius 1 is 1.02 bits per heavy atom. The van der Waals surface area contributed by atoms with Crippen molar-refractivity contribution in [2.24, 2.45) is 5.92 Å². The van der Waals surface area contributed by atoms with E-state index >= 15 is 0 Å². The molecule has 2 aromatic carbocycles. The fourth-order valence-electron chi connectivity index (χ4n) is 9.06. The summed E-state index contributed by atoms with van der Waals surface area (Å²) in [4.78, 5) is 55.7. The summed E-state index contributed by atoms with van der Waals surface area (Å²) in [5.74, 6) is -0.662. The van der Waals surface area contributed by atoms with Gasteiger partial charge in [0.2, 0.25) is 17.7 Å². The Morgan fingerprint density at radius 2 is 1.71 bits per heavy atom. The Hall–Kier alpha value is -4.59. The number of piperidine rings is 2. The van der Waals surface area contributed by atoms with Crippen LogP contribution in [-0.4, -0.2) is 87.5 Å². The van der Waals surface area contributed by atoms with E-state index in [0.717, 1.165) is 63.5 Å². The van der Waals surface area contributed by atoms with Gasteiger partial charge in [0.05, 0.1) is 35.5 Å². The van der Waals surface area contributed by atoms with Gasteiger partial charge in [-0.05, 0) is 140 Å². The smallest absolute Gasteiger partial charge is 0.378 e. The number of anilines is 3. The minimum Gasteiger partial charge on any atom is -0.378 e. The number of nitriles is 1. The predicted molar refractivity (Wildman–Crippen MR) is 217 cm³/mol.